The molecule has 3 rings (SSSR count). The monoisotopic (exact) mass is 334 g/mol. The average Bonchev–Trinajstić information content (AvgIpc) is 2.93. The highest BCUT2D eigenvalue weighted by atomic mass is 16.5. The van der Waals surface area contributed by atoms with Crippen molar-refractivity contribution in [2.75, 3.05) is 7.11 Å². The van der Waals surface area contributed by atoms with Crippen molar-refractivity contribution in [2.24, 2.45) is 5.73 Å². The fourth-order valence-electron chi connectivity index (χ4n) is 3.14. The van der Waals surface area contributed by atoms with Gasteiger partial charge in [0.2, 0.25) is 0 Å². The van der Waals surface area contributed by atoms with Crippen LogP contribution in [0.5, 0.6) is 5.75 Å². The topological polar surface area (TPSA) is 57.2 Å². The smallest absolute Gasteiger partial charge is 0.250 e. The minimum absolute atomic E-state index is 0.419. The van der Waals surface area contributed by atoms with E-state index >= 15 is 0 Å². The normalized spacial score (nSPS) is 10.7. The van der Waals surface area contributed by atoms with E-state index in [9.17, 15) is 4.79 Å². The SMILES string of the molecule is COc1ccccc1-c1cc(C(N)=O)c(C)n1Cc1ccccc1C. The van der Waals surface area contributed by atoms with Gasteiger partial charge in [0.15, 0.2) is 0 Å². The van der Waals surface area contributed by atoms with Crippen LogP contribution in [-0.4, -0.2) is 17.6 Å². The van der Waals surface area contributed by atoms with E-state index in [4.69, 9.17) is 10.5 Å². The molecular formula is C21H22N2O2. The standard InChI is InChI=1S/C21H22N2O2/c1-14-8-4-5-9-16(14)13-23-15(2)18(21(22)24)12-19(23)17-10-6-7-11-20(17)25-3/h4-12H,13H2,1-3H3,(H2,22,24). The first-order valence-corrected chi connectivity index (χ1v) is 8.20. The Kier molecular flexibility index (Phi) is 4.61. The van der Waals surface area contributed by atoms with Gasteiger partial charge in [-0.1, -0.05) is 36.4 Å². The molecule has 0 radical (unpaired) electrons. The Morgan fingerprint density at radius 1 is 1.08 bits per heavy atom. The first-order chi connectivity index (χ1) is 12.0. The fourth-order valence-corrected chi connectivity index (χ4v) is 3.14. The van der Waals surface area contributed by atoms with Crippen molar-refractivity contribution in [1.82, 2.24) is 4.57 Å². The van der Waals surface area contributed by atoms with Crippen LogP contribution in [-0.2, 0) is 6.54 Å². The van der Waals surface area contributed by atoms with Crippen LogP contribution in [0.1, 0.15) is 27.2 Å². The van der Waals surface area contributed by atoms with Crippen molar-refractivity contribution < 1.29 is 9.53 Å². The van der Waals surface area contributed by atoms with Crippen molar-refractivity contribution in [1.29, 1.82) is 0 Å². The molecule has 0 saturated carbocycles. The molecule has 25 heavy (non-hydrogen) atoms. The quantitative estimate of drug-likeness (QED) is 0.768. The Labute approximate surface area is 147 Å². The van der Waals surface area contributed by atoms with E-state index < -0.39 is 5.91 Å². The summed E-state index contributed by atoms with van der Waals surface area (Å²) in [6.07, 6.45) is 0. The van der Waals surface area contributed by atoms with Gasteiger partial charge in [0.05, 0.1) is 18.4 Å². The van der Waals surface area contributed by atoms with Crippen LogP contribution in [0.3, 0.4) is 0 Å². The number of methoxy groups -OCH3 is 1. The van der Waals surface area contributed by atoms with E-state index in [2.05, 4.69) is 23.6 Å². The van der Waals surface area contributed by atoms with Crippen molar-refractivity contribution in [3.8, 4) is 17.0 Å². The minimum atomic E-state index is -0.419. The first kappa shape index (κ1) is 16.8. The van der Waals surface area contributed by atoms with Gasteiger partial charge in [0, 0.05) is 17.8 Å². The molecule has 0 saturated heterocycles. The Balaban J connectivity index is 2.19. The zero-order valence-corrected chi connectivity index (χ0v) is 14.7. The summed E-state index contributed by atoms with van der Waals surface area (Å²) in [6, 6.07) is 17.9. The number of aromatic nitrogens is 1. The van der Waals surface area contributed by atoms with Gasteiger partial charge >= 0.3 is 0 Å². The lowest BCUT2D eigenvalue weighted by atomic mass is 10.1. The third-order valence-corrected chi connectivity index (χ3v) is 4.60. The zero-order chi connectivity index (χ0) is 18.0. The molecule has 0 bridgehead atoms. The summed E-state index contributed by atoms with van der Waals surface area (Å²) in [5.74, 6) is 0.347. The van der Waals surface area contributed by atoms with E-state index in [1.165, 1.54) is 11.1 Å². The number of hydrogen-bond acceptors (Lipinski definition) is 2. The highest BCUT2D eigenvalue weighted by Crippen LogP contribution is 2.33. The molecule has 0 fully saturated rings. The largest absolute Gasteiger partial charge is 0.496 e. The highest BCUT2D eigenvalue weighted by molar-refractivity contribution is 5.96. The molecule has 0 spiro atoms. The van der Waals surface area contributed by atoms with E-state index in [-0.39, 0.29) is 0 Å². The second kappa shape index (κ2) is 6.85. The van der Waals surface area contributed by atoms with Crippen LogP contribution in [0, 0.1) is 13.8 Å². The Hall–Kier alpha value is -3.01. The third-order valence-electron chi connectivity index (χ3n) is 4.60. The molecule has 1 heterocycles. The number of benzene rings is 2. The van der Waals surface area contributed by atoms with Crippen LogP contribution in [0.15, 0.2) is 54.6 Å². The maximum atomic E-state index is 11.9. The average molecular weight is 334 g/mol. The number of nitrogens with two attached hydrogens (primary N) is 1. The minimum Gasteiger partial charge on any atom is -0.496 e. The lowest BCUT2D eigenvalue weighted by Crippen LogP contribution is -2.13. The number of aryl methyl sites for hydroxylation is 1. The van der Waals surface area contributed by atoms with Gasteiger partial charge in [-0.3, -0.25) is 4.79 Å². The van der Waals surface area contributed by atoms with Crippen molar-refractivity contribution >= 4 is 5.91 Å². The predicted octanol–water partition coefficient (Wildman–Crippen LogP) is 3.93. The summed E-state index contributed by atoms with van der Waals surface area (Å²) in [7, 11) is 1.65. The number of para-hydroxylation sites is 1. The summed E-state index contributed by atoms with van der Waals surface area (Å²) in [5.41, 5.74) is 11.3. The Morgan fingerprint density at radius 2 is 1.76 bits per heavy atom. The number of primary amides is 1. The van der Waals surface area contributed by atoms with Gasteiger partial charge in [-0.15, -0.1) is 0 Å². The van der Waals surface area contributed by atoms with Gasteiger partial charge in [0.25, 0.3) is 5.91 Å². The molecule has 4 heteroatoms. The molecule has 2 aromatic carbocycles. The Morgan fingerprint density at radius 3 is 2.44 bits per heavy atom. The van der Waals surface area contributed by atoms with Crippen LogP contribution in [0.2, 0.25) is 0 Å². The van der Waals surface area contributed by atoms with Gasteiger partial charge in [-0.25, -0.2) is 0 Å². The van der Waals surface area contributed by atoms with E-state index in [1.807, 2.05) is 49.4 Å². The van der Waals surface area contributed by atoms with E-state index in [0.717, 1.165) is 22.7 Å². The summed E-state index contributed by atoms with van der Waals surface area (Å²) in [6.45, 7) is 4.68. The summed E-state index contributed by atoms with van der Waals surface area (Å²) in [4.78, 5) is 11.9. The second-order valence-corrected chi connectivity index (χ2v) is 6.11. The van der Waals surface area contributed by atoms with Crippen LogP contribution < -0.4 is 10.5 Å². The number of carbonyl (C=O) groups is 1. The molecule has 4 nitrogen and oxygen atoms in total. The first-order valence-electron chi connectivity index (χ1n) is 8.20. The van der Waals surface area contributed by atoms with Crippen molar-refractivity contribution in [3.05, 3.63) is 77.0 Å². The second-order valence-electron chi connectivity index (χ2n) is 6.11. The number of carbonyl (C=O) groups excluding carboxylic acids is 1. The molecule has 128 valence electrons. The molecule has 1 amide bonds. The number of amides is 1. The van der Waals surface area contributed by atoms with E-state index in [0.29, 0.717) is 12.1 Å². The molecule has 1 aromatic heterocycles. The molecule has 0 aliphatic heterocycles. The van der Waals surface area contributed by atoms with Gasteiger partial charge in [-0.05, 0) is 43.2 Å². The highest BCUT2D eigenvalue weighted by Gasteiger charge is 2.19. The summed E-state index contributed by atoms with van der Waals surface area (Å²) >= 11 is 0. The summed E-state index contributed by atoms with van der Waals surface area (Å²) < 4.78 is 7.63. The van der Waals surface area contributed by atoms with Gasteiger partial charge in [-0.2, -0.15) is 0 Å². The molecule has 0 atom stereocenters. The number of rotatable bonds is 5. The number of nitrogens with zero attached hydrogens (tertiary/aromatic N) is 1. The lowest BCUT2D eigenvalue weighted by molar-refractivity contribution is 0.0999. The molecule has 0 unspecified atom stereocenters. The summed E-state index contributed by atoms with van der Waals surface area (Å²) in [5, 5.41) is 0. The zero-order valence-electron chi connectivity index (χ0n) is 14.7. The third kappa shape index (κ3) is 3.15. The van der Waals surface area contributed by atoms with Crippen molar-refractivity contribution in [2.45, 2.75) is 20.4 Å². The molecular weight excluding hydrogens is 312 g/mol. The van der Waals surface area contributed by atoms with Gasteiger partial charge < -0.3 is 15.0 Å². The van der Waals surface area contributed by atoms with E-state index in [1.54, 1.807) is 7.11 Å². The van der Waals surface area contributed by atoms with Crippen LogP contribution in [0.25, 0.3) is 11.3 Å². The fraction of sp³-hybridized carbons (Fsp3) is 0.190. The molecule has 3 aromatic rings. The lowest BCUT2D eigenvalue weighted by Gasteiger charge is -2.15. The molecule has 0 aliphatic rings. The maximum absolute atomic E-state index is 11.9. The van der Waals surface area contributed by atoms with Crippen LogP contribution >= 0.6 is 0 Å². The van der Waals surface area contributed by atoms with Crippen molar-refractivity contribution in [3.63, 3.8) is 0 Å². The molecule has 2 N–H and O–H groups in total. The van der Waals surface area contributed by atoms with Crippen LogP contribution in [0.4, 0.5) is 0 Å². The van der Waals surface area contributed by atoms with Gasteiger partial charge in [0.1, 0.15) is 5.75 Å². The number of ether oxygens (including phenoxy) is 1. The number of hydrogen-bond donors (Lipinski definition) is 1. The Bertz CT molecular complexity index is 925. The molecule has 0 aliphatic carbocycles. The predicted molar refractivity (Wildman–Crippen MR) is 100.0 cm³/mol. The maximum Gasteiger partial charge on any atom is 0.250 e.